The molecule has 0 aliphatic carbocycles. The lowest BCUT2D eigenvalue weighted by Gasteiger charge is -2.17. The van der Waals surface area contributed by atoms with Crippen LogP contribution in [0.1, 0.15) is 32.3 Å². The van der Waals surface area contributed by atoms with Gasteiger partial charge in [-0.3, -0.25) is 0 Å². The van der Waals surface area contributed by atoms with Crippen molar-refractivity contribution in [1.29, 1.82) is 0 Å². The van der Waals surface area contributed by atoms with Crippen LogP contribution in [0.4, 0.5) is 4.39 Å². The summed E-state index contributed by atoms with van der Waals surface area (Å²) >= 11 is 0. The largest absolute Gasteiger partial charge is 0.494 e. The quantitative estimate of drug-likeness (QED) is 0.789. The normalized spacial score (nSPS) is 12.5. The van der Waals surface area contributed by atoms with Crippen LogP contribution in [0.2, 0.25) is 0 Å². The second kappa shape index (κ2) is 7.28. The summed E-state index contributed by atoms with van der Waals surface area (Å²) in [5, 5.41) is 3.43. The second-order valence-corrected chi connectivity index (χ2v) is 4.22. The molecule has 0 aromatic heterocycles. The van der Waals surface area contributed by atoms with Crippen molar-refractivity contribution in [2.24, 2.45) is 0 Å². The number of rotatable bonds is 7. The summed E-state index contributed by atoms with van der Waals surface area (Å²) in [5.74, 6) is 0.0287. The molecule has 96 valence electrons. The van der Waals surface area contributed by atoms with Gasteiger partial charge in [-0.05, 0) is 37.1 Å². The van der Waals surface area contributed by atoms with Gasteiger partial charge < -0.3 is 10.1 Å². The molecule has 1 aromatic carbocycles. The number of likely N-dealkylation sites (N-methyl/N-ethyl adjacent to an activating group) is 1. The minimum atomic E-state index is -0.281. The first-order valence-corrected chi connectivity index (χ1v) is 6.27. The Morgan fingerprint density at radius 3 is 2.65 bits per heavy atom. The van der Waals surface area contributed by atoms with E-state index in [4.69, 9.17) is 4.74 Å². The van der Waals surface area contributed by atoms with Crippen LogP contribution in [0.3, 0.4) is 0 Å². The molecule has 1 unspecified atom stereocenters. The third kappa shape index (κ3) is 4.35. The first-order chi connectivity index (χ1) is 8.21. The first-order valence-electron chi connectivity index (χ1n) is 6.27. The number of hydrogen-bond acceptors (Lipinski definition) is 2. The fourth-order valence-corrected chi connectivity index (χ4v) is 2.03. The van der Waals surface area contributed by atoms with Gasteiger partial charge in [0.25, 0.3) is 0 Å². The molecule has 0 radical (unpaired) electrons. The molecule has 3 heteroatoms. The van der Waals surface area contributed by atoms with E-state index in [1.54, 1.807) is 12.1 Å². The lowest BCUT2D eigenvalue weighted by molar-refractivity contribution is 0.385. The summed E-state index contributed by atoms with van der Waals surface area (Å²) in [6, 6.07) is 5.62. The highest BCUT2D eigenvalue weighted by atomic mass is 19.1. The minimum Gasteiger partial charge on any atom is -0.494 e. The molecule has 0 aliphatic heterocycles. The van der Waals surface area contributed by atoms with Crippen LogP contribution in [-0.4, -0.2) is 19.7 Å². The summed E-state index contributed by atoms with van der Waals surface area (Å²) in [7, 11) is 1.48. The number of nitrogens with one attached hydrogen (secondary N) is 1. The van der Waals surface area contributed by atoms with E-state index in [0.29, 0.717) is 11.8 Å². The summed E-state index contributed by atoms with van der Waals surface area (Å²) < 4.78 is 18.4. The third-order valence-corrected chi connectivity index (χ3v) is 2.83. The molecule has 1 rings (SSSR count). The van der Waals surface area contributed by atoms with Crippen molar-refractivity contribution in [1.82, 2.24) is 5.32 Å². The van der Waals surface area contributed by atoms with Crippen LogP contribution >= 0.6 is 0 Å². The number of hydrogen-bond donors (Lipinski definition) is 1. The van der Waals surface area contributed by atoms with Crippen LogP contribution in [0.15, 0.2) is 18.2 Å². The molecule has 0 saturated heterocycles. The maximum Gasteiger partial charge on any atom is 0.165 e. The van der Waals surface area contributed by atoms with Crippen LogP contribution in [0.5, 0.6) is 5.75 Å². The highest BCUT2D eigenvalue weighted by Gasteiger charge is 2.09. The Balaban J connectivity index is 2.68. The van der Waals surface area contributed by atoms with Crippen LogP contribution in [0.25, 0.3) is 0 Å². The second-order valence-electron chi connectivity index (χ2n) is 4.22. The van der Waals surface area contributed by atoms with Crippen molar-refractivity contribution in [2.75, 3.05) is 13.7 Å². The Hall–Kier alpha value is -1.09. The van der Waals surface area contributed by atoms with E-state index < -0.39 is 0 Å². The van der Waals surface area contributed by atoms with Gasteiger partial charge in [-0.25, -0.2) is 4.39 Å². The molecule has 0 heterocycles. The zero-order chi connectivity index (χ0) is 12.7. The molecule has 0 amide bonds. The van der Waals surface area contributed by atoms with Crippen molar-refractivity contribution in [3.63, 3.8) is 0 Å². The molecule has 1 aromatic rings. The number of ether oxygens (including phenoxy) is 1. The van der Waals surface area contributed by atoms with E-state index in [2.05, 4.69) is 19.2 Å². The van der Waals surface area contributed by atoms with Gasteiger partial charge in [-0.1, -0.05) is 26.3 Å². The minimum absolute atomic E-state index is 0.281. The summed E-state index contributed by atoms with van der Waals surface area (Å²) in [4.78, 5) is 0. The Kier molecular flexibility index (Phi) is 5.98. The highest BCUT2D eigenvalue weighted by molar-refractivity contribution is 5.29. The number of benzene rings is 1. The maximum absolute atomic E-state index is 13.5. The molecule has 0 saturated carbocycles. The standard InChI is InChI=1S/C14H22FNO/c1-4-6-12(16-5-2)9-11-7-8-14(17-3)13(15)10-11/h7-8,10,12,16H,4-6,9H2,1-3H3. The lowest BCUT2D eigenvalue weighted by atomic mass is 10.0. The molecule has 1 atom stereocenters. The molecule has 1 N–H and O–H groups in total. The zero-order valence-electron chi connectivity index (χ0n) is 10.9. The van der Waals surface area contributed by atoms with Crippen molar-refractivity contribution in [2.45, 2.75) is 39.2 Å². The van der Waals surface area contributed by atoms with E-state index in [0.717, 1.165) is 31.4 Å². The molecule has 0 fully saturated rings. The van der Waals surface area contributed by atoms with Gasteiger partial charge in [0.2, 0.25) is 0 Å². The van der Waals surface area contributed by atoms with Gasteiger partial charge in [0.1, 0.15) is 0 Å². The molecule has 2 nitrogen and oxygen atoms in total. The fraction of sp³-hybridized carbons (Fsp3) is 0.571. The fourth-order valence-electron chi connectivity index (χ4n) is 2.03. The van der Waals surface area contributed by atoms with E-state index in [1.165, 1.54) is 7.11 Å². The molecular weight excluding hydrogens is 217 g/mol. The lowest BCUT2D eigenvalue weighted by Crippen LogP contribution is -2.30. The van der Waals surface area contributed by atoms with E-state index in [-0.39, 0.29) is 5.82 Å². The predicted molar refractivity (Wildman–Crippen MR) is 69.0 cm³/mol. The zero-order valence-corrected chi connectivity index (χ0v) is 10.9. The van der Waals surface area contributed by atoms with Gasteiger partial charge in [0.15, 0.2) is 11.6 Å². The Bertz CT molecular complexity index is 335. The third-order valence-electron chi connectivity index (χ3n) is 2.83. The molecular formula is C14H22FNO. The van der Waals surface area contributed by atoms with Crippen molar-refractivity contribution < 1.29 is 9.13 Å². The Labute approximate surface area is 103 Å². The Morgan fingerprint density at radius 1 is 1.35 bits per heavy atom. The van der Waals surface area contributed by atoms with Gasteiger partial charge in [0, 0.05) is 6.04 Å². The van der Waals surface area contributed by atoms with Gasteiger partial charge in [0.05, 0.1) is 7.11 Å². The molecule has 17 heavy (non-hydrogen) atoms. The van der Waals surface area contributed by atoms with Gasteiger partial charge in [-0.15, -0.1) is 0 Å². The topological polar surface area (TPSA) is 21.3 Å². The summed E-state index contributed by atoms with van der Waals surface area (Å²) in [6.45, 7) is 5.21. The summed E-state index contributed by atoms with van der Waals surface area (Å²) in [6.07, 6.45) is 3.11. The van der Waals surface area contributed by atoms with Crippen molar-refractivity contribution >= 4 is 0 Å². The van der Waals surface area contributed by atoms with Gasteiger partial charge in [-0.2, -0.15) is 0 Å². The SMILES string of the molecule is CCCC(Cc1ccc(OC)c(F)c1)NCC. The van der Waals surface area contributed by atoms with E-state index in [9.17, 15) is 4.39 Å². The van der Waals surface area contributed by atoms with Crippen LogP contribution < -0.4 is 10.1 Å². The Morgan fingerprint density at radius 2 is 2.12 bits per heavy atom. The summed E-state index contributed by atoms with van der Waals surface area (Å²) in [5.41, 5.74) is 1.02. The maximum atomic E-state index is 13.5. The van der Waals surface area contributed by atoms with Crippen LogP contribution in [-0.2, 0) is 6.42 Å². The molecule has 0 aliphatic rings. The monoisotopic (exact) mass is 239 g/mol. The highest BCUT2D eigenvalue weighted by Crippen LogP contribution is 2.19. The number of halogens is 1. The molecule has 0 bridgehead atoms. The average Bonchev–Trinajstić information content (AvgIpc) is 2.30. The van der Waals surface area contributed by atoms with Gasteiger partial charge >= 0.3 is 0 Å². The van der Waals surface area contributed by atoms with Crippen LogP contribution in [0, 0.1) is 5.82 Å². The smallest absolute Gasteiger partial charge is 0.165 e. The van der Waals surface area contributed by atoms with E-state index >= 15 is 0 Å². The number of methoxy groups -OCH3 is 1. The van der Waals surface area contributed by atoms with Crippen molar-refractivity contribution in [3.05, 3.63) is 29.6 Å². The van der Waals surface area contributed by atoms with E-state index in [1.807, 2.05) is 6.07 Å². The first kappa shape index (κ1) is 14.0. The average molecular weight is 239 g/mol. The predicted octanol–water partition coefficient (Wildman–Crippen LogP) is 3.16. The van der Waals surface area contributed by atoms with Crippen molar-refractivity contribution in [3.8, 4) is 5.75 Å². The molecule has 0 spiro atoms.